The number of aromatic nitrogens is 4. The van der Waals surface area contributed by atoms with Crippen molar-refractivity contribution in [3.8, 4) is 11.5 Å². The summed E-state index contributed by atoms with van der Waals surface area (Å²) in [6, 6.07) is 7.48. The van der Waals surface area contributed by atoms with Crippen molar-refractivity contribution < 1.29 is 5.21 Å². The third kappa shape index (κ3) is 3.09. The highest BCUT2D eigenvalue weighted by Gasteiger charge is 2.17. The largest absolute Gasteiger partial charge is 0.427 e. The zero-order valence-corrected chi connectivity index (χ0v) is 13.7. The molecule has 0 unspecified atom stereocenters. The standard InChI is InChI=1S/C15H16ClN7O/c1-2-22(11-5-3-9(16)4-6-11)7-10-8-23(24)14-12(19-10)13(17)20-15(18)21-14/h3-6,8,24H,2,7H2,1H3,(H3,17,18,20). The fourth-order valence-electron chi connectivity index (χ4n) is 2.41. The van der Waals surface area contributed by atoms with E-state index >= 15 is 0 Å². The van der Waals surface area contributed by atoms with Crippen molar-refractivity contribution in [2.45, 2.75) is 13.5 Å². The van der Waals surface area contributed by atoms with E-state index in [1.807, 2.05) is 31.2 Å². The number of rotatable bonds is 4. The van der Waals surface area contributed by atoms with Crippen LogP contribution in [0.1, 0.15) is 12.6 Å². The van der Waals surface area contributed by atoms with Gasteiger partial charge in [0.15, 0.2) is 11.5 Å². The zero-order chi connectivity index (χ0) is 17.3. The van der Waals surface area contributed by atoms with Crippen LogP contribution in [0.2, 0.25) is 5.02 Å². The number of hydrogen-bond acceptors (Lipinski definition) is 7. The van der Waals surface area contributed by atoms with Crippen LogP contribution in [0.5, 0.6) is 0 Å². The first-order valence-corrected chi connectivity index (χ1v) is 7.66. The highest BCUT2D eigenvalue weighted by atomic mass is 35.5. The van der Waals surface area contributed by atoms with Gasteiger partial charge < -0.3 is 15.8 Å². The van der Waals surface area contributed by atoms with Crippen LogP contribution in [-0.4, -0.2) is 31.4 Å². The summed E-state index contributed by atoms with van der Waals surface area (Å²) >= 11 is 5.93. The number of anilines is 2. The molecule has 0 aliphatic carbocycles. The average molecular weight is 346 g/mol. The highest BCUT2D eigenvalue weighted by molar-refractivity contribution is 6.30. The van der Waals surface area contributed by atoms with Crippen LogP contribution >= 0.6 is 11.6 Å². The molecule has 0 bridgehead atoms. The maximum Gasteiger partial charge on any atom is 0.246 e. The molecule has 0 radical (unpaired) electrons. The molecule has 24 heavy (non-hydrogen) atoms. The topological polar surface area (TPSA) is 117 Å². The Labute approximate surface area is 143 Å². The summed E-state index contributed by atoms with van der Waals surface area (Å²) in [5.74, 6) is 0.162. The van der Waals surface area contributed by atoms with Crippen LogP contribution in [0, 0.1) is 5.41 Å². The van der Waals surface area contributed by atoms with E-state index in [1.54, 1.807) is 0 Å². The van der Waals surface area contributed by atoms with E-state index < -0.39 is 0 Å². The van der Waals surface area contributed by atoms with Gasteiger partial charge in [-0.3, -0.25) is 5.41 Å². The van der Waals surface area contributed by atoms with Gasteiger partial charge in [0.2, 0.25) is 11.4 Å². The Bertz CT molecular complexity index is 893. The van der Waals surface area contributed by atoms with Gasteiger partial charge in [0.05, 0.1) is 18.4 Å². The Morgan fingerprint density at radius 3 is 2.62 bits per heavy atom. The second-order valence-corrected chi connectivity index (χ2v) is 5.61. The normalized spacial score (nSPS) is 10.9. The first kappa shape index (κ1) is 16.0. The van der Waals surface area contributed by atoms with Crippen molar-refractivity contribution >= 4 is 23.1 Å². The number of benzene rings is 1. The summed E-state index contributed by atoms with van der Waals surface area (Å²) < 4.78 is 0.823. The number of halogens is 1. The molecule has 1 aromatic rings. The van der Waals surface area contributed by atoms with Gasteiger partial charge in [0, 0.05) is 17.3 Å². The lowest BCUT2D eigenvalue weighted by Crippen LogP contribution is -2.25. The van der Waals surface area contributed by atoms with Crippen LogP contribution in [0.4, 0.5) is 11.5 Å². The fraction of sp³-hybridized carbons (Fsp3) is 0.200. The Balaban J connectivity index is 1.98. The molecule has 2 aliphatic rings. The van der Waals surface area contributed by atoms with Crippen LogP contribution in [0.15, 0.2) is 30.5 Å². The van der Waals surface area contributed by atoms with Crippen LogP contribution in [0.25, 0.3) is 11.5 Å². The van der Waals surface area contributed by atoms with E-state index in [2.05, 4.69) is 19.9 Å². The number of nitrogens with zero attached hydrogens (tertiary/aromatic N) is 5. The van der Waals surface area contributed by atoms with E-state index in [9.17, 15) is 5.21 Å². The molecule has 8 nitrogen and oxygen atoms in total. The lowest BCUT2D eigenvalue weighted by Gasteiger charge is -2.23. The van der Waals surface area contributed by atoms with Crippen molar-refractivity contribution in [3.63, 3.8) is 0 Å². The van der Waals surface area contributed by atoms with Crippen molar-refractivity contribution in [1.82, 2.24) is 19.7 Å². The fourth-order valence-corrected chi connectivity index (χ4v) is 2.54. The predicted molar refractivity (Wildman–Crippen MR) is 90.1 cm³/mol. The summed E-state index contributed by atoms with van der Waals surface area (Å²) in [6.07, 6.45) is 1.45. The van der Waals surface area contributed by atoms with E-state index in [1.165, 1.54) is 6.20 Å². The second-order valence-electron chi connectivity index (χ2n) is 5.17. The quantitative estimate of drug-likeness (QED) is 0.620. The van der Waals surface area contributed by atoms with Gasteiger partial charge in [-0.2, -0.15) is 14.7 Å². The molecule has 0 spiro atoms. The molecule has 124 valence electrons. The molecule has 0 saturated heterocycles. The highest BCUT2D eigenvalue weighted by Crippen LogP contribution is 2.23. The van der Waals surface area contributed by atoms with Gasteiger partial charge in [-0.05, 0) is 31.2 Å². The summed E-state index contributed by atoms with van der Waals surface area (Å²) in [4.78, 5) is 14.1. The SMILES string of the molecule is CCN(Cc1cn(O)c2nc(=N)nc(N)c-2n1)c1ccc(Cl)cc1. The monoisotopic (exact) mass is 345 g/mol. The van der Waals surface area contributed by atoms with Gasteiger partial charge >= 0.3 is 0 Å². The van der Waals surface area contributed by atoms with Crippen molar-refractivity contribution in [1.29, 1.82) is 5.41 Å². The van der Waals surface area contributed by atoms with Crippen molar-refractivity contribution in [3.05, 3.63) is 46.8 Å². The van der Waals surface area contributed by atoms with Gasteiger partial charge in [-0.1, -0.05) is 11.6 Å². The van der Waals surface area contributed by atoms with E-state index in [0.717, 1.165) is 17.0 Å². The molecule has 2 aliphatic heterocycles. The molecule has 0 amide bonds. The Hall–Kier alpha value is -2.87. The Morgan fingerprint density at radius 1 is 1.25 bits per heavy atom. The van der Waals surface area contributed by atoms with Gasteiger partial charge in [-0.25, -0.2) is 4.98 Å². The number of fused-ring (bicyclic) bond motifs is 1. The lowest BCUT2D eigenvalue weighted by molar-refractivity contribution is 0.184. The number of nitrogens with one attached hydrogen (secondary N) is 1. The molecule has 1 aromatic carbocycles. The molecule has 9 heteroatoms. The van der Waals surface area contributed by atoms with E-state index in [4.69, 9.17) is 22.7 Å². The Morgan fingerprint density at radius 2 is 1.96 bits per heavy atom. The number of nitrogen functional groups attached to an aromatic ring is 1. The first-order valence-electron chi connectivity index (χ1n) is 7.28. The van der Waals surface area contributed by atoms with Crippen LogP contribution in [-0.2, 0) is 6.54 Å². The van der Waals surface area contributed by atoms with Gasteiger partial charge in [0.1, 0.15) is 0 Å². The summed E-state index contributed by atoms with van der Waals surface area (Å²) in [5.41, 5.74) is 7.37. The second kappa shape index (κ2) is 6.32. The molecular weight excluding hydrogens is 330 g/mol. The zero-order valence-electron chi connectivity index (χ0n) is 12.9. The maximum atomic E-state index is 10.1. The van der Waals surface area contributed by atoms with Crippen LogP contribution < -0.4 is 16.3 Å². The van der Waals surface area contributed by atoms with Crippen molar-refractivity contribution in [2.24, 2.45) is 0 Å². The third-order valence-electron chi connectivity index (χ3n) is 3.56. The average Bonchev–Trinajstić information content (AvgIpc) is 2.55. The van der Waals surface area contributed by atoms with Gasteiger partial charge in [0.25, 0.3) is 0 Å². The molecule has 0 saturated carbocycles. The molecule has 0 atom stereocenters. The minimum absolute atomic E-state index is 0.0594. The molecule has 4 N–H and O–H groups in total. The summed E-state index contributed by atoms with van der Waals surface area (Å²) in [6.45, 7) is 3.22. The van der Waals surface area contributed by atoms with Gasteiger partial charge in [-0.15, -0.1) is 0 Å². The molecule has 2 heterocycles. The lowest BCUT2D eigenvalue weighted by atomic mass is 10.2. The number of nitrogens with two attached hydrogens (primary N) is 1. The minimum Gasteiger partial charge on any atom is -0.427 e. The maximum absolute atomic E-state index is 10.1. The molecular formula is C15H16ClN7O. The van der Waals surface area contributed by atoms with E-state index in [0.29, 0.717) is 17.3 Å². The van der Waals surface area contributed by atoms with Crippen LogP contribution in [0.3, 0.4) is 0 Å². The molecule has 0 aromatic heterocycles. The van der Waals surface area contributed by atoms with Crippen molar-refractivity contribution in [2.75, 3.05) is 17.2 Å². The smallest absolute Gasteiger partial charge is 0.246 e. The summed E-state index contributed by atoms with van der Waals surface area (Å²) in [5, 5.41) is 18.2. The Kier molecular flexibility index (Phi) is 4.22. The molecule has 3 rings (SSSR count). The minimum atomic E-state index is -0.270. The predicted octanol–water partition coefficient (Wildman–Crippen LogP) is 1.76. The number of hydrogen-bond donors (Lipinski definition) is 3. The van der Waals surface area contributed by atoms with E-state index in [-0.39, 0.29) is 23.0 Å². The summed E-state index contributed by atoms with van der Waals surface area (Å²) in [7, 11) is 0. The third-order valence-corrected chi connectivity index (χ3v) is 3.81. The molecule has 0 fully saturated rings. The first-order chi connectivity index (χ1) is 11.5.